The van der Waals surface area contributed by atoms with E-state index in [1.54, 1.807) is 27.7 Å². The van der Waals surface area contributed by atoms with Gasteiger partial charge in [0.2, 0.25) is 0 Å². The van der Waals surface area contributed by atoms with Gasteiger partial charge in [-0.25, -0.2) is 4.79 Å². The first-order valence-corrected chi connectivity index (χ1v) is 7.57. The Balaban J connectivity index is 4.53. The van der Waals surface area contributed by atoms with Crippen LogP contribution in [0.5, 0.6) is 0 Å². The molecule has 0 aromatic heterocycles. The van der Waals surface area contributed by atoms with Crippen LogP contribution in [0.2, 0.25) is 0 Å². The largest absolute Gasteiger partial charge is 0.468 e. The number of hydrogen-bond donors (Lipinski definition) is 2. The summed E-state index contributed by atoms with van der Waals surface area (Å²) in [5, 5.41) is 12.5. The average molecular weight is 318 g/mol. The Kier molecular flexibility index (Phi) is 9.04. The number of amides is 1. The van der Waals surface area contributed by atoms with Crippen LogP contribution >= 0.6 is 0 Å². The number of carbonyl (C=O) groups excluding carboxylic acids is 2. The summed E-state index contributed by atoms with van der Waals surface area (Å²) >= 11 is 0. The number of esters is 1. The Labute approximate surface area is 133 Å². The Morgan fingerprint density at radius 3 is 2.32 bits per heavy atom. The first kappa shape index (κ1) is 20.7. The molecule has 0 radical (unpaired) electrons. The Morgan fingerprint density at radius 2 is 1.91 bits per heavy atom. The summed E-state index contributed by atoms with van der Waals surface area (Å²) in [6.07, 6.45) is -0.549. The van der Waals surface area contributed by atoms with Gasteiger partial charge >= 0.3 is 12.1 Å². The van der Waals surface area contributed by atoms with Gasteiger partial charge in [-0.1, -0.05) is 6.92 Å². The summed E-state index contributed by atoms with van der Waals surface area (Å²) < 4.78 is 10.0. The summed E-state index contributed by atoms with van der Waals surface area (Å²) in [6.45, 7) is 9.73. The predicted octanol–water partition coefficient (Wildman–Crippen LogP) is 1.15. The summed E-state index contributed by atoms with van der Waals surface area (Å²) in [4.78, 5) is 25.0. The maximum absolute atomic E-state index is 12.1. The zero-order valence-electron chi connectivity index (χ0n) is 14.5. The summed E-state index contributed by atoms with van der Waals surface area (Å²) in [5.74, 6) is -0.332. The predicted molar refractivity (Wildman–Crippen MR) is 83.6 cm³/mol. The average Bonchev–Trinajstić information content (AvgIpc) is 2.39. The van der Waals surface area contributed by atoms with Crippen LogP contribution < -0.4 is 5.32 Å². The number of hydrogen-bond acceptors (Lipinski definition) is 6. The van der Waals surface area contributed by atoms with Crippen molar-refractivity contribution in [1.82, 2.24) is 10.2 Å². The van der Waals surface area contributed by atoms with Gasteiger partial charge in [0.1, 0.15) is 11.6 Å². The molecule has 0 aliphatic heterocycles. The molecule has 0 aliphatic rings. The zero-order chi connectivity index (χ0) is 17.3. The molecule has 7 nitrogen and oxygen atoms in total. The highest BCUT2D eigenvalue weighted by Crippen LogP contribution is 2.10. The van der Waals surface area contributed by atoms with Crippen molar-refractivity contribution in [1.29, 1.82) is 0 Å². The summed E-state index contributed by atoms with van der Waals surface area (Å²) in [7, 11) is 1.34. The van der Waals surface area contributed by atoms with E-state index in [0.717, 1.165) is 0 Å². The zero-order valence-corrected chi connectivity index (χ0v) is 14.5. The topological polar surface area (TPSA) is 88.1 Å². The van der Waals surface area contributed by atoms with Crippen LogP contribution in [0.15, 0.2) is 0 Å². The Morgan fingerprint density at radius 1 is 1.32 bits per heavy atom. The lowest BCUT2D eigenvalue weighted by Crippen LogP contribution is -2.46. The molecule has 0 saturated heterocycles. The molecule has 0 bridgehead atoms. The lowest BCUT2D eigenvalue weighted by molar-refractivity contribution is -0.143. The highest BCUT2D eigenvalue weighted by Gasteiger charge is 2.23. The highest BCUT2D eigenvalue weighted by atomic mass is 16.6. The van der Waals surface area contributed by atoms with Gasteiger partial charge in [0, 0.05) is 19.6 Å². The van der Waals surface area contributed by atoms with Crippen molar-refractivity contribution in [2.24, 2.45) is 0 Å². The molecule has 2 N–H and O–H groups in total. The van der Waals surface area contributed by atoms with Gasteiger partial charge in [0.05, 0.1) is 13.2 Å². The van der Waals surface area contributed by atoms with Crippen LogP contribution in [0.25, 0.3) is 0 Å². The third-order valence-electron chi connectivity index (χ3n) is 2.80. The molecule has 130 valence electrons. The maximum atomic E-state index is 12.1. The molecule has 7 heteroatoms. The monoisotopic (exact) mass is 318 g/mol. The van der Waals surface area contributed by atoms with Gasteiger partial charge in [-0.3, -0.25) is 4.79 Å². The fourth-order valence-electron chi connectivity index (χ4n) is 1.81. The number of aliphatic hydroxyl groups excluding tert-OH is 1. The van der Waals surface area contributed by atoms with Crippen molar-refractivity contribution in [2.75, 3.05) is 26.7 Å². The summed E-state index contributed by atoms with van der Waals surface area (Å²) in [5.41, 5.74) is -0.598. The minimum absolute atomic E-state index is 0.172. The van der Waals surface area contributed by atoms with E-state index in [2.05, 4.69) is 5.32 Å². The van der Waals surface area contributed by atoms with E-state index < -0.39 is 23.8 Å². The van der Waals surface area contributed by atoms with E-state index >= 15 is 0 Å². The van der Waals surface area contributed by atoms with Crippen LogP contribution in [0.4, 0.5) is 4.79 Å². The fraction of sp³-hybridized carbons (Fsp3) is 0.867. The third kappa shape index (κ3) is 8.84. The van der Waals surface area contributed by atoms with Crippen molar-refractivity contribution >= 4 is 12.1 Å². The van der Waals surface area contributed by atoms with Crippen LogP contribution in [0, 0.1) is 0 Å². The van der Waals surface area contributed by atoms with Gasteiger partial charge in [0.25, 0.3) is 0 Å². The van der Waals surface area contributed by atoms with Crippen LogP contribution in [-0.2, 0) is 14.3 Å². The lowest BCUT2D eigenvalue weighted by Gasteiger charge is -2.28. The number of nitrogens with zero attached hydrogens (tertiary/aromatic N) is 1. The van der Waals surface area contributed by atoms with Crippen LogP contribution in [0.1, 0.15) is 41.0 Å². The SMILES string of the molecule is CCC(NCCN(CC(C)O)C(=O)OC(C)(C)C)C(=O)OC. The molecule has 0 heterocycles. The van der Waals surface area contributed by atoms with E-state index in [9.17, 15) is 14.7 Å². The quantitative estimate of drug-likeness (QED) is 0.653. The molecule has 2 atom stereocenters. The molecule has 0 rings (SSSR count). The molecule has 1 amide bonds. The number of aliphatic hydroxyl groups is 1. The van der Waals surface area contributed by atoms with Gasteiger partial charge < -0.3 is 24.8 Å². The van der Waals surface area contributed by atoms with Gasteiger partial charge in [0.15, 0.2) is 0 Å². The standard InChI is InChI=1S/C15H30N2O5/c1-7-12(13(19)21-6)16-8-9-17(10-11(2)18)14(20)22-15(3,4)5/h11-12,16,18H,7-10H2,1-6H3. The summed E-state index contributed by atoms with van der Waals surface area (Å²) in [6, 6.07) is -0.406. The molecule has 0 aromatic carbocycles. The molecule has 0 aromatic rings. The molecule has 22 heavy (non-hydrogen) atoms. The first-order valence-electron chi connectivity index (χ1n) is 7.57. The van der Waals surface area contributed by atoms with E-state index in [4.69, 9.17) is 9.47 Å². The third-order valence-corrected chi connectivity index (χ3v) is 2.80. The van der Waals surface area contributed by atoms with Crippen molar-refractivity contribution in [3.8, 4) is 0 Å². The molecule has 0 saturated carbocycles. The molecular weight excluding hydrogens is 288 g/mol. The van der Waals surface area contributed by atoms with Crippen LogP contribution in [0.3, 0.4) is 0 Å². The van der Waals surface area contributed by atoms with Crippen molar-refractivity contribution in [2.45, 2.75) is 58.8 Å². The minimum Gasteiger partial charge on any atom is -0.468 e. The van der Waals surface area contributed by atoms with E-state index in [-0.39, 0.29) is 12.5 Å². The van der Waals surface area contributed by atoms with Gasteiger partial charge in [-0.05, 0) is 34.1 Å². The highest BCUT2D eigenvalue weighted by molar-refractivity contribution is 5.75. The van der Waals surface area contributed by atoms with E-state index in [1.165, 1.54) is 12.0 Å². The molecular formula is C15H30N2O5. The fourth-order valence-corrected chi connectivity index (χ4v) is 1.81. The van der Waals surface area contributed by atoms with Gasteiger partial charge in [-0.2, -0.15) is 0 Å². The Hall–Kier alpha value is -1.34. The lowest BCUT2D eigenvalue weighted by atomic mass is 10.2. The number of methoxy groups -OCH3 is 1. The maximum Gasteiger partial charge on any atom is 0.410 e. The van der Waals surface area contributed by atoms with E-state index in [0.29, 0.717) is 19.5 Å². The van der Waals surface area contributed by atoms with Crippen molar-refractivity contribution in [3.05, 3.63) is 0 Å². The second-order valence-electron chi connectivity index (χ2n) is 6.21. The van der Waals surface area contributed by atoms with Crippen molar-refractivity contribution < 1.29 is 24.2 Å². The number of carbonyl (C=O) groups is 2. The molecule has 2 unspecified atom stereocenters. The number of nitrogens with one attached hydrogen (secondary N) is 1. The van der Waals surface area contributed by atoms with Crippen molar-refractivity contribution in [3.63, 3.8) is 0 Å². The smallest absolute Gasteiger partial charge is 0.410 e. The molecule has 0 spiro atoms. The van der Waals surface area contributed by atoms with Crippen LogP contribution in [-0.4, -0.2) is 66.6 Å². The molecule has 0 fully saturated rings. The second-order valence-corrected chi connectivity index (χ2v) is 6.21. The number of ether oxygens (including phenoxy) is 2. The molecule has 0 aliphatic carbocycles. The first-order chi connectivity index (χ1) is 10.1. The minimum atomic E-state index is -0.657. The normalized spacial score (nSPS) is 14.1. The van der Waals surface area contributed by atoms with E-state index in [1.807, 2.05) is 6.92 Å². The second kappa shape index (κ2) is 9.63. The Bertz CT molecular complexity index is 352. The number of rotatable bonds is 8. The van der Waals surface area contributed by atoms with Gasteiger partial charge in [-0.15, -0.1) is 0 Å².